The van der Waals surface area contributed by atoms with Gasteiger partial charge < -0.3 is 74.6 Å². The first-order valence-electron chi connectivity index (χ1n) is 24.9. The molecule has 76 heavy (non-hydrogen) atoms. The number of carboxylic acid groups (broad SMARTS) is 2. The summed E-state index contributed by atoms with van der Waals surface area (Å²) in [4.78, 5) is 157. The van der Waals surface area contributed by atoms with E-state index in [1.807, 2.05) is 0 Å². The van der Waals surface area contributed by atoms with E-state index in [-0.39, 0.29) is 37.5 Å². The third kappa shape index (κ3) is 25.1. The number of carbonyl (C=O) groups excluding carboxylic acids is 10. The number of hydrogen-bond donors (Lipinski definition) is 14. The van der Waals surface area contributed by atoms with Gasteiger partial charge in [0.2, 0.25) is 59.1 Å². The fourth-order valence-electron chi connectivity index (χ4n) is 7.22. The number of nitrogens with two attached hydrogens (primary N) is 2. The predicted octanol–water partition coefficient (Wildman–Crippen LogP) is -2.72. The van der Waals surface area contributed by atoms with Crippen molar-refractivity contribution in [3.63, 3.8) is 0 Å². The number of aliphatic carboxylic acids is 2. The molecule has 0 unspecified atom stereocenters. The molecule has 0 aliphatic carbocycles. The van der Waals surface area contributed by atoms with E-state index in [2.05, 4.69) is 47.9 Å². The van der Waals surface area contributed by atoms with Crippen LogP contribution in [0.5, 0.6) is 0 Å². The van der Waals surface area contributed by atoms with Crippen molar-refractivity contribution in [3.05, 3.63) is 35.9 Å². The van der Waals surface area contributed by atoms with Gasteiger partial charge in [-0.25, -0.2) is 4.79 Å². The molecule has 0 saturated heterocycles. The summed E-state index contributed by atoms with van der Waals surface area (Å²) in [6.07, 6.45) is 0.00796. The van der Waals surface area contributed by atoms with Gasteiger partial charge in [0.25, 0.3) is 0 Å². The summed E-state index contributed by atoms with van der Waals surface area (Å²) in [6, 6.07) is -5.42. The van der Waals surface area contributed by atoms with Crippen molar-refractivity contribution in [1.82, 2.24) is 47.9 Å². The van der Waals surface area contributed by atoms with Crippen molar-refractivity contribution in [1.29, 1.82) is 0 Å². The Morgan fingerprint density at radius 1 is 0.526 bits per heavy atom. The molecule has 0 aliphatic rings. The number of thioether (sulfide) groups is 1. The molecule has 10 amide bonds. The molecule has 1 aromatic carbocycles. The van der Waals surface area contributed by atoms with E-state index in [1.54, 1.807) is 64.3 Å². The van der Waals surface area contributed by atoms with E-state index >= 15 is 0 Å². The number of carbonyl (C=O) groups is 12. The highest BCUT2D eigenvalue weighted by molar-refractivity contribution is 7.98. The molecule has 0 saturated carbocycles. The summed E-state index contributed by atoms with van der Waals surface area (Å²) in [5.74, 6) is -12.3. The van der Waals surface area contributed by atoms with E-state index in [1.165, 1.54) is 39.5 Å². The van der Waals surface area contributed by atoms with Crippen LogP contribution in [0.2, 0.25) is 0 Å². The maximum Gasteiger partial charge on any atom is 0.326 e. The normalized spacial score (nSPS) is 15.1. The molecule has 1 aromatic rings. The highest BCUT2D eigenvalue weighted by atomic mass is 32.2. The Kier molecular flexibility index (Phi) is 30.0. The SMILES string of the molecule is CSCC[C@H](NC(=O)[C@H](C)NC(=O)[C@H](CCC(=O)O)NC(=O)[C@H](Cc1ccccc1)NC(=O)[C@H](CC(C)C)NC(=O)[C@@H](N)CO)C(=O)N[C@@H](CC(C)C)C(=O)N[C@@H](C)C(=O)N[C@@H](CC(N)=O)C(=O)N[C@H](C(=O)O)C(C)C. The van der Waals surface area contributed by atoms with Gasteiger partial charge in [-0.3, -0.25) is 52.7 Å². The van der Waals surface area contributed by atoms with Gasteiger partial charge in [-0.1, -0.05) is 71.9 Å². The number of benzene rings is 1. The maximum absolute atomic E-state index is 14.1. The molecular weight excluding hydrogens is 1010 g/mol. The Balaban J connectivity index is 3.34. The standard InChI is InChI=1S/C49H79N11O15S/c1-24(2)19-33(45(70)53-28(8)41(66)56-36(22-37(51)62)48(73)60-39(26(5)6)49(74)75)58-44(69)32(17-18-76-9)54-40(65)27(7)52-43(68)31(15-16-38(63)64)55-47(72)35(21-29-13-11-10-12-14-29)59-46(71)34(20-25(3)4)57-42(67)30(50)23-61/h10-14,24-28,30-36,39,61H,15-23,50H2,1-9H3,(H2,51,62)(H,52,68)(H,53,70)(H,54,65)(H,55,72)(H,56,66)(H,57,67)(H,58,69)(H,59,71)(H,60,73)(H,63,64)(H,74,75)/t27-,28-,30-,31-,32-,33-,34-,35-,36-,39-/m0/s1. The van der Waals surface area contributed by atoms with Crippen molar-refractivity contribution < 1.29 is 72.9 Å². The molecule has 26 nitrogen and oxygen atoms in total. The molecule has 0 spiro atoms. The number of carboxylic acids is 2. The second-order valence-electron chi connectivity index (χ2n) is 19.5. The minimum absolute atomic E-state index is 0.0266. The summed E-state index contributed by atoms with van der Waals surface area (Å²) >= 11 is 1.33. The van der Waals surface area contributed by atoms with Crippen molar-refractivity contribution in [2.45, 2.75) is 161 Å². The molecular formula is C49H79N11O15S. The van der Waals surface area contributed by atoms with Crippen LogP contribution in [0, 0.1) is 17.8 Å². The first-order chi connectivity index (χ1) is 35.5. The molecule has 27 heteroatoms. The third-order valence-electron chi connectivity index (χ3n) is 11.4. The zero-order valence-corrected chi connectivity index (χ0v) is 45.4. The Bertz CT molecular complexity index is 2170. The number of aliphatic hydroxyl groups is 1. The monoisotopic (exact) mass is 1090 g/mol. The molecule has 0 aromatic heterocycles. The molecule has 10 atom stereocenters. The van der Waals surface area contributed by atoms with Gasteiger partial charge in [0, 0.05) is 12.8 Å². The maximum atomic E-state index is 14.1. The van der Waals surface area contributed by atoms with Gasteiger partial charge in [0.15, 0.2) is 0 Å². The number of nitrogens with one attached hydrogen (secondary N) is 9. The van der Waals surface area contributed by atoms with Crippen LogP contribution in [-0.4, -0.2) is 165 Å². The third-order valence-corrected chi connectivity index (χ3v) is 12.1. The van der Waals surface area contributed by atoms with E-state index in [4.69, 9.17) is 11.5 Å². The van der Waals surface area contributed by atoms with Crippen molar-refractivity contribution in [3.8, 4) is 0 Å². The second-order valence-corrected chi connectivity index (χ2v) is 20.5. The molecule has 16 N–H and O–H groups in total. The number of primary amides is 1. The molecule has 0 bridgehead atoms. The molecule has 0 aliphatic heterocycles. The highest BCUT2D eigenvalue weighted by Crippen LogP contribution is 2.12. The van der Waals surface area contributed by atoms with Gasteiger partial charge in [0.05, 0.1) is 13.0 Å². The summed E-state index contributed by atoms with van der Waals surface area (Å²) in [5.41, 5.74) is 11.5. The van der Waals surface area contributed by atoms with E-state index in [0.29, 0.717) is 11.3 Å². The summed E-state index contributed by atoms with van der Waals surface area (Å²) in [6.45, 7) is 12.0. The van der Waals surface area contributed by atoms with Crippen LogP contribution in [0.1, 0.15) is 99.5 Å². The molecule has 0 fully saturated rings. The van der Waals surface area contributed by atoms with Crippen LogP contribution < -0.4 is 59.3 Å². The lowest BCUT2D eigenvalue weighted by Crippen LogP contribution is -2.60. The van der Waals surface area contributed by atoms with Gasteiger partial charge in [-0.2, -0.15) is 11.8 Å². The number of aliphatic hydroxyl groups excluding tert-OH is 1. The first-order valence-corrected chi connectivity index (χ1v) is 26.3. The van der Waals surface area contributed by atoms with Crippen LogP contribution in [0.25, 0.3) is 0 Å². The molecule has 0 radical (unpaired) electrons. The Morgan fingerprint density at radius 2 is 0.934 bits per heavy atom. The van der Waals surface area contributed by atoms with Crippen molar-refractivity contribution in [2.24, 2.45) is 29.2 Å². The Labute approximate surface area is 446 Å². The van der Waals surface area contributed by atoms with Gasteiger partial charge in [-0.05, 0) is 74.9 Å². The van der Waals surface area contributed by atoms with E-state index in [0.717, 1.165) is 0 Å². The topological polar surface area (TPSA) is 426 Å². The van der Waals surface area contributed by atoms with Crippen LogP contribution in [0.3, 0.4) is 0 Å². The Morgan fingerprint density at radius 3 is 1.39 bits per heavy atom. The average molecular weight is 1090 g/mol. The van der Waals surface area contributed by atoms with Crippen LogP contribution in [-0.2, 0) is 64.0 Å². The summed E-state index contributed by atoms with van der Waals surface area (Å²) in [7, 11) is 0. The Hall–Kier alpha value is -6.87. The average Bonchev–Trinajstić information content (AvgIpc) is 3.33. The summed E-state index contributed by atoms with van der Waals surface area (Å²) < 4.78 is 0. The lowest BCUT2D eigenvalue weighted by molar-refractivity contribution is -0.143. The van der Waals surface area contributed by atoms with Gasteiger partial charge in [0.1, 0.15) is 60.4 Å². The van der Waals surface area contributed by atoms with Gasteiger partial charge in [-0.15, -0.1) is 0 Å². The van der Waals surface area contributed by atoms with Gasteiger partial charge >= 0.3 is 11.9 Å². The van der Waals surface area contributed by atoms with Crippen molar-refractivity contribution in [2.75, 3.05) is 18.6 Å². The van der Waals surface area contributed by atoms with E-state index in [9.17, 15) is 72.9 Å². The lowest BCUT2D eigenvalue weighted by atomic mass is 10.0. The van der Waals surface area contributed by atoms with Crippen LogP contribution >= 0.6 is 11.8 Å². The van der Waals surface area contributed by atoms with Crippen LogP contribution in [0.4, 0.5) is 0 Å². The number of rotatable bonds is 35. The number of hydrogen-bond acceptors (Lipinski definition) is 15. The largest absolute Gasteiger partial charge is 0.481 e. The fraction of sp³-hybridized carbons (Fsp3) is 0.633. The smallest absolute Gasteiger partial charge is 0.326 e. The zero-order chi connectivity index (χ0) is 58.0. The minimum atomic E-state index is -1.61. The summed E-state index contributed by atoms with van der Waals surface area (Å²) in [5, 5.41) is 50.7. The zero-order valence-electron chi connectivity index (χ0n) is 44.6. The minimum Gasteiger partial charge on any atom is -0.481 e. The second kappa shape index (κ2) is 33.9. The first kappa shape index (κ1) is 67.1. The highest BCUT2D eigenvalue weighted by Gasteiger charge is 2.35. The van der Waals surface area contributed by atoms with Crippen LogP contribution in [0.15, 0.2) is 30.3 Å². The molecule has 0 heterocycles. The van der Waals surface area contributed by atoms with Crippen molar-refractivity contribution >= 4 is 82.8 Å². The molecule has 426 valence electrons. The van der Waals surface area contributed by atoms with E-state index < -0.39 is 163 Å². The quantitative estimate of drug-likeness (QED) is 0.0328. The predicted molar refractivity (Wildman–Crippen MR) is 279 cm³/mol. The molecule has 1 rings (SSSR count). The number of amides is 10. The fourth-order valence-corrected chi connectivity index (χ4v) is 7.69. The lowest BCUT2D eigenvalue weighted by Gasteiger charge is -2.28.